The van der Waals surface area contributed by atoms with Crippen LogP contribution in [0.25, 0.3) is 63.9 Å². The second-order valence-electron chi connectivity index (χ2n) is 12.0. The molecule has 0 atom stereocenters. The van der Waals surface area contributed by atoms with Crippen molar-refractivity contribution in [2.45, 2.75) is 36.0 Å². The molecule has 0 saturated heterocycles. The van der Waals surface area contributed by atoms with E-state index in [2.05, 4.69) is 32.9 Å². The van der Waals surface area contributed by atoms with E-state index < -0.39 is 33.3 Å². The van der Waals surface area contributed by atoms with Gasteiger partial charge in [0.05, 0.1) is 31.5 Å². The molecule has 0 radical (unpaired) electrons. The molecule has 6 aromatic heterocycles. The van der Waals surface area contributed by atoms with Gasteiger partial charge in [0, 0.05) is 51.6 Å². The quantitative estimate of drug-likeness (QED) is 0.122. The first-order valence-corrected chi connectivity index (χ1v) is 20.5. The molecule has 280 valence electrons. The predicted octanol–water partition coefficient (Wildman–Crippen LogP) is 10.6. The molecule has 0 aliphatic carbocycles. The summed E-state index contributed by atoms with van der Waals surface area (Å²) in [6, 6.07) is 17.2. The molecule has 54 heavy (non-hydrogen) atoms. The number of benzene rings is 2. The lowest BCUT2D eigenvalue weighted by Crippen LogP contribution is -2.06. The minimum absolute atomic E-state index is 0.0598. The van der Waals surface area contributed by atoms with Crippen LogP contribution in [0.1, 0.15) is 25.0 Å². The van der Waals surface area contributed by atoms with Gasteiger partial charge in [-0.2, -0.15) is 26.3 Å². The first-order chi connectivity index (χ1) is 25.5. The third-order valence-electron chi connectivity index (χ3n) is 8.56. The Morgan fingerprint density at radius 3 is 1.67 bits per heavy atom. The molecular formula is C36H28F6N6O2S4. The fourth-order valence-corrected chi connectivity index (χ4v) is 11.2. The minimum atomic E-state index is -4.53. The van der Waals surface area contributed by atoms with Crippen molar-refractivity contribution < 1.29 is 34.8 Å². The number of alkyl halides is 6. The average Bonchev–Trinajstić information content (AvgIpc) is 3.88. The summed E-state index contributed by atoms with van der Waals surface area (Å²) < 4.78 is 109. The van der Waals surface area contributed by atoms with Gasteiger partial charge in [-0.1, -0.05) is 50.2 Å². The van der Waals surface area contributed by atoms with Gasteiger partial charge in [-0.25, -0.2) is 28.4 Å². The van der Waals surface area contributed by atoms with Crippen LogP contribution in [-0.4, -0.2) is 49.0 Å². The number of halogens is 6. The highest BCUT2D eigenvalue weighted by Gasteiger charge is 2.34. The Bertz CT molecular complexity index is 2820. The SMILES string of the molecule is CCS(=O)(=O)c1c(-c2nc3cc(C(F)(F)F)cnc3n2C)sc2ccccc12.CCSc1c(-c2nc3cc(C(F)(F)F)cnc3n2C)sc2ccccc12. The zero-order valence-electron chi connectivity index (χ0n) is 28.7. The Labute approximate surface area is 316 Å². The molecule has 0 unspecified atom stereocenters. The van der Waals surface area contributed by atoms with Crippen molar-refractivity contribution in [1.82, 2.24) is 29.1 Å². The molecule has 8 rings (SSSR count). The van der Waals surface area contributed by atoms with Gasteiger partial charge >= 0.3 is 12.4 Å². The zero-order chi connectivity index (χ0) is 38.7. The molecule has 0 saturated carbocycles. The lowest BCUT2D eigenvalue weighted by atomic mass is 10.2. The highest BCUT2D eigenvalue weighted by Crippen LogP contribution is 2.45. The molecule has 0 bridgehead atoms. The number of aryl methyl sites for hydroxylation is 2. The average molecular weight is 819 g/mol. The van der Waals surface area contributed by atoms with Gasteiger partial charge < -0.3 is 9.13 Å². The van der Waals surface area contributed by atoms with E-state index in [-0.39, 0.29) is 33.2 Å². The number of imidazole rings is 2. The Morgan fingerprint density at radius 2 is 1.17 bits per heavy atom. The van der Waals surface area contributed by atoms with Crippen molar-refractivity contribution >= 4 is 86.8 Å². The molecule has 0 N–H and O–H groups in total. The van der Waals surface area contributed by atoms with Crippen molar-refractivity contribution in [3.05, 3.63) is 84.2 Å². The standard InChI is InChI=1S/C18H14F3N3O2S2.C18H14F3N3S2/c1-3-28(25,26)15-11-6-4-5-7-13(11)27-14(15)17-23-12-8-10(18(19,20)21)9-22-16(12)24(17)2;1-3-25-14-11-6-4-5-7-13(11)26-15(14)17-23-12-8-10(18(19,20)21)9-22-16(12)24(17)2/h4-9H,3H2,1-2H3;4-9H,3H2,1-2H3. The fraction of sp³-hybridized carbons (Fsp3) is 0.222. The number of aromatic nitrogens is 6. The maximum absolute atomic E-state index is 13.0. The largest absolute Gasteiger partial charge is 0.417 e. The van der Waals surface area contributed by atoms with Gasteiger partial charge in [-0.3, -0.25) is 0 Å². The van der Waals surface area contributed by atoms with Gasteiger partial charge in [-0.05, 0) is 30.0 Å². The van der Waals surface area contributed by atoms with Crippen molar-refractivity contribution in [3.8, 4) is 21.4 Å². The van der Waals surface area contributed by atoms with E-state index in [0.29, 0.717) is 21.7 Å². The van der Waals surface area contributed by atoms with Crippen molar-refractivity contribution in [3.63, 3.8) is 0 Å². The number of hydrogen-bond acceptors (Lipinski definition) is 9. The first-order valence-electron chi connectivity index (χ1n) is 16.2. The summed E-state index contributed by atoms with van der Waals surface area (Å²) in [7, 11) is -0.193. The third kappa shape index (κ3) is 6.73. The summed E-state index contributed by atoms with van der Waals surface area (Å²) in [6.07, 6.45) is -7.35. The number of nitrogens with zero attached hydrogens (tertiary/aromatic N) is 6. The van der Waals surface area contributed by atoms with Crippen LogP contribution in [0.3, 0.4) is 0 Å². The fourth-order valence-electron chi connectivity index (χ4n) is 5.95. The van der Waals surface area contributed by atoms with Crippen LogP contribution in [0.15, 0.2) is 82.8 Å². The third-order valence-corrected chi connectivity index (χ3v) is 14.0. The maximum Gasteiger partial charge on any atom is 0.417 e. The number of thiophene rings is 2. The van der Waals surface area contributed by atoms with Crippen LogP contribution in [0, 0.1) is 0 Å². The molecule has 0 aliphatic heterocycles. The summed E-state index contributed by atoms with van der Waals surface area (Å²) in [5, 5.41) is 1.73. The Kier molecular flexibility index (Phi) is 9.77. The minimum Gasteiger partial charge on any atom is -0.311 e. The molecular weight excluding hydrogens is 791 g/mol. The molecule has 6 heterocycles. The number of rotatable bonds is 6. The van der Waals surface area contributed by atoms with Crippen LogP contribution < -0.4 is 0 Å². The topological polar surface area (TPSA) is 95.6 Å². The van der Waals surface area contributed by atoms with E-state index in [0.717, 1.165) is 54.8 Å². The first kappa shape index (κ1) is 37.8. The summed E-state index contributed by atoms with van der Waals surface area (Å²) in [5.41, 5.74) is -0.679. The smallest absolute Gasteiger partial charge is 0.311 e. The van der Waals surface area contributed by atoms with Gasteiger partial charge in [0.1, 0.15) is 11.0 Å². The van der Waals surface area contributed by atoms with Gasteiger partial charge in [0.25, 0.3) is 0 Å². The van der Waals surface area contributed by atoms with Crippen LogP contribution in [0.2, 0.25) is 0 Å². The Balaban J connectivity index is 0.000000167. The highest BCUT2D eigenvalue weighted by molar-refractivity contribution is 7.99. The monoisotopic (exact) mass is 818 g/mol. The van der Waals surface area contributed by atoms with E-state index in [1.54, 1.807) is 73.0 Å². The van der Waals surface area contributed by atoms with Crippen LogP contribution in [-0.2, 0) is 36.3 Å². The summed E-state index contributed by atoms with van der Waals surface area (Å²) in [4.78, 5) is 19.3. The van der Waals surface area contributed by atoms with Gasteiger partial charge in [-0.15, -0.1) is 34.4 Å². The van der Waals surface area contributed by atoms with E-state index in [9.17, 15) is 34.8 Å². The molecule has 8 nitrogen and oxygen atoms in total. The number of fused-ring (bicyclic) bond motifs is 4. The number of sulfone groups is 1. The molecule has 8 aromatic rings. The maximum atomic E-state index is 13.0. The lowest BCUT2D eigenvalue weighted by molar-refractivity contribution is -0.138. The second-order valence-corrected chi connectivity index (χ2v) is 17.6. The highest BCUT2D eigenvalue weighted by atomic mass is 32.2. The summed E-state index contributed by atoms with van der Waals surface area (Å²) in [6.45, 7) is 3.63. The summed E-state index contributed by atoms with van der Waals surface area (Å²) >= 11 is 4.56. The number of pyridine rings is 2. The van der Waals surface area contributed by atoms with Crippen molar-refractivity contribution in [1.29, 1.82) is 0 Å². The van der Waals surface area contributed by atoms with Gasteiger partial charge in [0.15, 0.2) is 32.8 Å². The van der Waals surface area contributed by atoms with Crippen LogP contribution in [0.4, 0.5) is 26.3 Å². The zero-order valence-corrected chi connectivity index (χ0v) is 32.0. The van der Waals surface area contributed by atoms with Crippen molar-refractivity contribution in [2.75, 3.05) is 11.5 Å². The molecule has 0 aliphatic rings. The van der Waals surface area contributed by atoms with E-state index in [4.69, 9.17) is 0 Å². The molecule has 0 fully saturated rings. The van der Waals surface area contributed by atoms with E-state index >= 15 is 0 Å². The van der Waals surface area contributed by atoms with Gasteiger partial charge in [0.2, 0.25) is 0 Å². The van der Waals surface area contributed by atoms with Crippen LogP contribution in [0.5, 0.6) is 0 Å². The Morgan fingerprint density at radius 1 is 0.704 bits per heavy atom. The van der Waals surface area contributed by atoms with Crippen molar-refractivity contribution in [2.24, 2.45) is 14.1 Å². The van der Waals surface area contributed by atoms with E-state index in [1.807, 2.05) is 18.2 Å². The van der Waals surface area contributed by atoms with Crippen LogP contribution >= 0.6 is 34.4 Å². The normalized spacial score (nSPS) is 12.6. The Hall–Kier alpha value is -4.52. The molecule has 2 aromatic carbocycles. The lowest BCUT2D eigenvalue weighted by Gasteiger charge is -2.06. The molecule has 0 spiro atoms. The predicted molar refractivity (Wildman–Crippen MR) is 203 cm³/mol. The number of thioether (sulfide) groups is 1. The second kappa shape index (κ2) is 14.0. The molecule has 18 heteroatoms. The molecule has 0 amide bonds. The van der Waals surface area contributed by atoms with E-state index in [1.165, 1.54) is 15.9 Å². The summed E-state index contributed by atoms with van der Waals surface area (Å²) in [5.74, 6) is 1.72. The number of hydrogen-bond donors (Lipinski definition) is 0.